The minimum atomic E-state index is -1.04. The van der Waals surface area contributed by atoms with E-state index in [0.717, 1.165) is 0 Å². The van der Waals surface area contributed by atoms with Gasteiger partial charge >= 0.3 is 6.09 Å². The van der Waals surface area contributed by atoms with E-state index >= 15 is 0 Å². The summed E-state index contributed by atoms with van der Waals surface area (Å²) in [5, 5.41) is 23.1. The SMILES string of the molecule is CC(C)(C)OC(=O)Nc1cc(Cl)cc(C(=O)NCC(O)CO)c1. The predicted molar refractivity (Wildman–Crippen MR) is 86.7 cm³/mol. The average molecular weight is 345 g/mol. The van der Waals surface area contributed by atoms with E-state index < -0.39 is 30.3 Å². The summed E-state index contributed by atoms with van der Waals surface area (Å²) in [6.45, 7) is 4.64. The number of amides is 2. The molecule has 0 aliphatic carbocycles. The summed E-state index contributed by atoms with van der Waals surface area (Å²) >= 11 is 5.94. The molecule has 2 amide bonds. The monoisotopic (exact) mass is 344 g/mol. The maximum Gasteiger partial charge on any atom is 0.412 e. The van der Waals surface area contributed by atoms with E-state index in [0.29, 0.717) is 5.69 Å². The molecule has 0 saturated carbocycles. The van der Waals surface area contributed by atoms with Crippen LogP contribution in [-0.2, 0) is 4.74 Å². The summed E-state index contributed by atoms with van der Waals surface area (Å²) in [4.78, 5) is 23.7. The van der Waals surface area contributed by atoms with Gasteiger partial charge in [-0.3, -0.25) is 10.1 Å². The van der Waals surface area contributed by atoms with Gasteiger partial charge in [-0.2, -0.15) is 0 Å². The van der Waals surface area contributed by atoms with E-state index in [1.54, 1.807) is 20.8 Å². The third-order valence-electron chi connectivity index (χ3n) is 2.51. The number of hydrogen-bond donors (Lipinski definition) is 4. The van der Waals surface area contributed by atoms with Gasteiger partial charge in [0.05, 0.1) is 12.7 Å². The molecule has 1 rings (SSSR count). The van der Waals surface area contributed by atoms with Crippen LogP contribution in [0.15, 0.2) is 18.2 Å². The van der Waals surface area contributed by atoms with Gasteiger partial charge < -0.3 is 20.3 Å². The lowest BCUT2D eigenvalue weighted by molar-refractivity contribution is 0.0635. The van der Waals surface area contributed by atoms with Crippen LogP contribution in [0.1, 0.15) is 31.1 Å². The normalized spacial score (nSPS) is 12.4. The summed E-state index contributed by atoms with van der Waals surface area (Å²) in [6.07, 6.45) is -1.71. The Morgan fingerprint density at radius 1 is 1.30 bits per heavy atom. The fourth-order valence-corrected chi connectivity index (χ4v) is 1.83. The summed E-state index contributed by atoms with van der Waals surface area (Å²) < 4.78 is 5.12. The minimum Gasteiger partial charge on any atom is -0.444 e. The molecule has 128 valence electrons. The molecular formula is C15H21ClN2O5. The molecule has 1 unspecified atom stereocenters. The van der Waals surface area contributed by atoms with Crippen molar-refractivity contribution < 1.29 is 24.5 Å². The Morgan fingerprint density at radius 2 is 1.96 bits per heavy atom. The maximum absolute atomic E-state index is 12.0. The van der Waals surface area contributed by atoms with Gasteiger partial charge in [0.1, 0.15) is 5.60 Å². The van der Waals surface area contributed by atoms with Crippen LogP contribution in [-0.4, -0.2) is 47.1 Å². The van der Waals surface area contributed by atoms with E-state index in [2.05, 4.69) is 10.6 Å². The van der Waals surface area contributed by atoms with Gasteiger partial charge in [-0.25, -0.2) is 4.79 Å². The van der Waals surface area contributed by atoms with Gasteiger partial charge in [0.25, 0.3) is 5.91 Å². The van der Waals surface area contributed by atoms with Gasteiger partial charge in [0.2, 0.25) is 0 Å². The highest BCUT2D eigenvalue weighted by atomic mass is 35.5. The first kappa shape index (κ1) is 19.2. The second-order valence-corrected chi connectivity index (χ2v) is 6.34. The van der Waals surface area contributed by atoms with Crippen LogP contribution >= 0.6 is 11.6 Å². The number of nitrogens with one attached hydrogen (secondary N) is 2. The number of halogens is 1. The zero-order chi connectivity index (χ0) is 17.6. The lowest BCUT2D eigenvalue weighted by Crippen LogP contribution is -2.34. The molecule has 0 heterocycles. The first-order valence-electron chi connectivity index (χ1n) is 6.98. The molecule has 1 aromatic carbocycles. The van der Waals surface area contributed by atoms with Gasteiger partial charge in [0.15, 0.2) is 0 Å². The lowest BCUT2D eigenvalue weighted by Gasteiger charge is -2.20. The Hall–Kier alpha value is -1.83. The van der Waals surface area contributed by atoms with Gasteiger partial charge in [-0.05, 0) is 39.0 Å². The van der Waals surface area contributed by atoms with Crippen molar-refractivity contribution >= 4 is 29.3 Å². The second kappa shape index (κ2) is 8.14. The van der Waals surface area contributed by atoms with Crippen molar-refractivity contribution in [2.24, 2.45) is 0 Å². The molecule has 0 fully saturated rings. The molecule has 4 N–H and O–H groups in total. The van der Waals surface area contributed by atoms with Crippen LogP contribution in [0, 0.1) is 0 Å². The largest absolute Gasteiger partial charge is 0.444 e. The van der Waals surface area contributed by atoms with Crippen molar-refractivity contribution in [1.29, 1.82) is 0 Å². The van der Waals surface area contributed by atoms with Crippen molar-refractivity contribution in [3.05, 3.63) is 28.8 Å². The van der Waals surface area contributed by atoms with E-state index in [4.69, 9.17) is 21.4 Å². The molecule has 0 radical (unpaired) electrons. The number of aliphatic hydroxyl groups is 2. The van der Waals surface area contributed by atoms with Gasteiger partial charge in [0, 0.05) is 22.8 Å². The number of carbonyl (C=O) groups is 2. The highest BCUT2D eigenvalue weighted by Crippen LogP contribution is 2.20. The zero-order valence-corrected chi connectivity index (χ0v) is 14.0. The number of rotatable bonds is 5. The van der Waals surface area contributed by atoms with Crippen LogP contribution in [0.25, 0.3) is 0 Å². The number of benzene rings is 1. The van der Waals surface area contributed by atoms with Gasteiger partial charge in [-0.15, -0.1) is 0 Å². The van der Waals surface area contributed by atoms with E-state index in [-0.39, 0.29) is 17.1 Å². The van der Waals surface area contributed by atoms with Crippen LogP contribution < -0.4 is 10.6 Å². The number of aliphatic hydroxyl groups excluding tert-OH is 2. The zero-order valence-electron chi connectivity index (χ0n) is 13.2. The van der Waals surface area contributed by atoms with Crippen molar-refractivity contribution in [2.75, 3.05) is 18.5 Å². The average Bonchev–Trinajstić information content (AvgIpc) is 2.41. The van der Waals surface area contributed by atoms with Gasteiger partial charge in [-0.1, -0.05) is 11.6 Å². The highest BCUT2D eigenvalue weighted by Gasteiger charge is 2.17. The quantitative estimate of drug-likeness (QED) is 0.651. The molecule has 0 aromatic heterocycles. The number of anilines is 1. The molecule has 0 aliphatic heterocycles. The lowest BCUT2D eigenvalue weighted by atomic mass is 10.2. The molecule has 1 atom stereocenters. The third-order valence-corrected chi connectivity index (χ3v) is 2.73. The number of hydrogen-bond acceptors (Lipinski definition) is 5. The molecule has 23 heavy (non-hydrogen) atoms. The third kappa shape index (κ3) is 7.32. The first-order chi connectivity index (χ1) is 10.6. The summed E-state index contributed by atoms with van der Waals surface area (Å²) in [7, 11) is 0. The Morgan fingerprint density at radius 3 is 2.52 bits per heavy atom. The molecule has 0 bridgehead atoms. The molecule has 7 nitrogen and oxygen atoms in total. The van der Waals surface area contributed by atoms with Crippen molar-refractivity contribution in [3.8, 4) is 0 Å². The molecule has 0 saturated heterocycles. The Bertz CT molecular complexity index is 571. The Labute approximate surface area is 139 Å². The molecular weight excluding hydrogens is 324 g/mol. The maximum atomic E-state index is 12.0. The smallest absolute Gasteiger partial charge is 0.412 e. The van der Waals surface area contributed by atoms with Crippen LogP contribution in [0.4, 0.5) is 10.5 Å². The van der Waals surface area contributed by atoms with E-state index in [1.807, 2.05) is 0 Å². The van der Waals surface area contributed by atoms with Crippen LogP contribution in [0.2, 0.25) is 5.02 Å². The molecule has 8 heteroatoms. The predicted octanol–water partition coefficient (Wildman–Crippen LogP) is 1.77. The molecule has 0 aliphatic rings. The second-order valence-electron chi connectivity index (χ2n) is 5.90. The number of carbonyl (C=O) groups excluding carboxylic acids is 2. The summed E-state index contributed by atoms with van der Waals surface area (Å²) in [6, 6.07) is 4.32. The topological polar surface area (TPSA) is 108 Å². The number of ether oxygens (including phenoxy) is 1. The fourth-order valence-electron chi connectivity index (χ4n) is 1.59. The molecule has 1 aromatic rings. The standard InChI is InChI=1S/C15H21ClN2O5/c1-15(2,3)23-14(22)18-11-5-9(4-10(16)6-11)13(21)17-7-12(20)8-19/h4-6,12,19-20H,7-8H2,1-3H3,(H,17,21)(H,18,22). The minimum absolute atomic E-state index is 0.101. The fraction of sp³-hybridized carbons (Fsp3) is 0.467. The van der Waals surface area contributed by atoms with Crippen LogP contribution in [0.3, 0.4) is 0 Å². The van der Waals surface area contributed by atoms with Crippen molar-refractivity contribution in [2.45, 2.75) is 32.5 Å². The Balaban J connectivity index is 2.79. The van der Waals surface area contributed by atoms with E-state index in [9.17, 15) is 14.7 Å². The van der Waals surface area contributed by atoms with E-state index in [1.165, 1.54) is 18.2 Å². The van der Waals surface area contributed by atoms with Crippen molar-refractivity contribution in [3.63, 3.8) is 0 Å². The van der Waals surface area contributed by atoms with Crippen molar-refractivity contribution in [1.82, 2.24) is 5.32 Å². The summed E-state index contributed by atoms with van der Waals surface area (Å²) in [5.74, 6) is -0.493. The Kier molecular flexibility index (Phi) is 6.80. The first-order valence-corrected chi connectivity index (χ1v) is 7.36. The highest BCUT2D eigenvalue weighted by molar-refractivity contribution is 6.31. The summed E-state index contributed by atoms with van der Waals surface area (Å²) in [5.41, 5.74) is -0.142. The van der Waals surface area contributed by atoms with Crippen LogP contribution in [0.5, 0.6) is 0 Å². The molecule has 0 spiro atoms.